The molecule has 2 aromatic carbocycles. The Morgan fingerprint density at radius 3 is 2.26 bits per heavy atom. The summed E-state index contributed by atoms with van der Waals surface area (Å²) in [6, 6.07) is 13.2. The van der Waals surface area contributed by atoms with Gasteiger partial charge in [0.25, 0.3) is 0 Å². The Morgan fingerprint density at radius 1 is 1.09 bits per heavy atom. The largest absolute Gasteiger partial charge is 0.324 e. The number of benzene rings is 2. The summed E-state index contributed by atoms with van der Waals surface area (Å²) >= 11 is 7.90. The zero-order chi connectivity index (χ0) is 16.7. The average Bonchev–Trinajstić information content (AvgIpc) is 3.32. The van der Waals surface area contributed by atoms with Gasteiger partial charge in [0.05, 0.1) is 10.6 Å². The van der Waals surface area contributed by atoms with Crippen LogP contribution in [0, 0.1) is 3.57 Å². The minimum Gasteiger partial charge on any atom is -0.324 e. The van der Waals surface area contributed by atoms with Crippen LogP contribution in [-0.4, -0.2) is 19.1 Å². The maximum absolute atomic E-state index is 12.8. The quantitative estimate of drug-likeness (QED) is 0.703. The molecule has 1 amide bonds. The predicted octanol–water partition coefficient (Wildman–Crippen LogP) is 3.89. The molecule has 1 N–H and O–H groups in total. The molecule has 0 unspecified atom stereocenters. The number of carbonyl (C=O) groups is 1. The second-order valence-corrected chi connectivity index (χ2v) is 9.24. The lowest BCUT2D eigenvalue weighted by Crippen LogP contribution is -2.37. The van der Waals surface area contributed by atoms with Crippen LogP contribution in [0.25, 0.3) is 0 Å². The van der Waals surface area contributed by atoms with Crippen molar-refractivity contribution in [2.45, 2.75) is 22.5 Å². The Labute approximate surface area is 153 Å². The predicted molar refractivity (Wildman–Crippen MR) is 98.4 cm³/mol. The van der Waals surface area contributed by atoms with E-state index in [4.69, 9.17) is 11.6 Å². The highest BCUT2D eigenvalue weighted by atomic mass is 127. The molecular weight excluding hydrogens is 449 g/mol. The molecule has 0 heterocycles. The molecule has 120 valence electrons. The third-order valence-corrected chi connectivity index (χ3v) is 7.59. The first-order chi connectivity index (χ1) is 10.9. The van der Waals surface area contributed by atoms with E-state index in [0.29, 0.717) is 23.6 Å². The Morgan fingerprint density at radius 2 is 1.70 bits per heavy atom. The van der Waals surface area contributed by atoms with Gasteiger partial charge in [-0.3, -0.25) is 4.79 Å². The number of sulfone groups is 1. The summed E-state index contributed by atoms with van der Waals surface area (Å²) in [4.78, 5) is 12.7. The summed E-state index contributed by atoms with van der Waals surface area (Å²) in [6.07, 6.45) is 0.653. The summed E-state index contributed by atoms with van der Waals surface area (Å²) in [5.74, 6) is -0.475. The monoisotopic (exact) mass is 461 g/mol. The minimum absolute atomic E-state index is 0.123. The summed E-state index contributed by atoms with van der Waals surface area (Å²) in [6.45, 7) is 0. The summed E-state index contributed by atoms with van der Waals surface area (Å²) in [7, 11) is -3.75. The lowest BCUT2D eigenvalue weighted by molar-refractivity contribution is -0.116. The highest BCUT2D eigenvalue weighted by Crippen LogP contribution is 2.47. The first-order valence-electron chi connectivity index (χ1n) is 6.93. The molecule has 2 aromatic rings. The number of hydrogen-bond donors (Lipinski definition) is 1. The maximum atomic E-state index is 12.8. The second-order valence-electron chi connectivity index (χ2n) is 5.39. The van der Waals surface area contributed by atoms with Gasteiger partial charge in [-0.2, -0.15) is 0 Å². The van der Waals surface area contributed by atoms with E-state index < -0.39 is 20.5 Å². The van der Waals surface area contributed by atoms with Crippen molar-refractivity contribution in [3.05, 3.63) is 57.1 Å². The van der Waals surface area contributed by atoms with E-state index in [0.717, 1.165) is 3.57 Å². The molecule has 0 radical (unpaired) electrons. The third-order valence-electron chi connectivity index (χ3n) is 3.88. The molecule has 7 heteroatoms. The fourth-order valence-electron chi connectivity index (χ4n) is 2.37. The van der Waals surface area contributed by atoms with Crippen molar-refractivity contribution in [2.75, 3.05) is 5.32 Å². The van der Waals surface area contributed by atoms with Gasteiger partial charge >= 0.3 is 0 Å². The summed E-state index contributed by atoms with van der Waals surface area (Å²) in [5.41, 5.74) is 0.621. The van der Waals surface area contributed by atoms with E-state index in [-0.39, 0.29) is 4.90 Å². The van der Waals surface area contributed by atoms with Gasteiger partial charge in [-0.25, -0.2) is 8.42 Å². The zero-order valence-corrected chi connectivity index (χ0v) is 15.7. The lowest BCUT2D eigenvalue weighted by atomic mass is 10.3. The van der Waals surface area contributed by atoms with Crippen molar-refractivity contribution >= 4 is 55.6 Å². The molecule has 0 atom stereocenters. The summed E-state index contributed by atoms with van der Waals surface area (Å²) < 4.78 is 25.2. The van der Waals surface area contributed by atoms with Gasteiger partial charge < -0.3 is 5.32 Å². The number of rotatable bonds is 4. The maximum Gasteiger partial charge on any atom is 0.246 e. The first-order valence-corrected chi connectivity index (χ1v) is 9.87. The molecule has 1 aliphatic carbocycles. The second kappa shape index (κ2) is 6.07. The van der Waals surface area contributed by atoms with E-state index in [1.165, 1.54) is 24.3 Å². The fraction of sp³-hybridized carbons (Fsp3) is 0.188. The van der Waals surface area contributed by atoms with Gasteiger partial charge in [-0.15, -0.1) is 0 Å². The Hall–Kier alpha value is -1.12. The van der Waals surface area contributed by atoms with Crippen LogP contribution in [0.1, 0.15) is 12.8 Å². The number of nitrogens with one attached hydrogen (secondary N) is 1. The molecule has 0 saturated heterocycles. The lowest BCUT2D eigenvalue weighted by Gasteiger charge is -2.17. The topological polar surface area (TPSA) is 63.2 Å². The van der Waals surface area contributed by atoms with Crippen LogP contribution < -0.4 is 5.32 Å². The van der Waals surface area contributed by atoms with Crippen molar-refractivity contribution in [1.29, 1.82) is 0 Å². The van der Waals surface area contributed by atoms with Crippen LogP contribution in [0.5, 0.6) is 0 Å². The molecule has 1 aliphatic rings. The molecule has 0 spiro atoms. The molecule has 4 nitrogen and oxygen atoms in total. The van der Waals surface area contributed by atoms with Crippen LogP contribution in [0.2, 0.25) is 5.02 Å². The van der Waals surface area contributed by atoms with E-state index in [1.807, 2.05) is 12.1 Å². The highest BCUT2D eigenvalue weighted by Gasteiger charge is 2.61. The van der Waals surface area contributed by atoms with Gasteiger partial charge in [-0.05, 0) is 71.8 Å². The average molecular weight is 462 g/mol. The summed E-state index contributed by atoms with van der Waals surface area (Å²) in [5, 5.41) is 3.20. The number of hydrogen-bond acceptors (Lipinski definition) is 3. The van der Waals surface area contributed by atoms with Gasteiger partial charge in [0.1, 0.15) is 0 Å². The number of anilines is 1. The Bertz CT molecular complexity index is 861. The van der Waals surface area contributed by atoms with E-state index in [2.05, 4.69) is 27.9 Å². The van der Waals surface area contributed by atoms with Gasteiger partial charge in [-0.1, -0.05) is 23.7 Å². The third kappa shape index (κ3) is 2.99. The molecule has 23 heavy (non-hydrogen) atoms. The van der Waals surface area contributed by atoms with Gasteiger partial charge in [0.2, 0.25) is 5.91 Å². The van der Waals surface area contributed by atoms with Crippen LogP contribution >= 0.6 is 34.2 Å². The number of carbonyl (C=O) groups excluding carboxylic acids is 1. The number of amides is 1. The van der Waals surface area contributed by atoms with E-state index >= 15 is 0 Å². The fourth-order valence-corrected chi connectivity index (χ4v) is 4.90. The van der Waals surface area contributed by atoms with Crippen LogP contribution in [0.15, 0.2) is 53.4 Å². The van der Waals surface area contributed by atoms with E-state index in [9.17, 15) is 13.2 Å². The number of halogens is 2. The van der Waals surface area contributed by atoms with Crippen molar-refractivity contribution in [3.8, 4) is 0 Å². The van der Waals surface area contributed by atoms with Crippen molar-refractivity contribution in [3.63, 3.8) is 0 Å². The van der Waals surface area contributed by atoms with Gasteiger partial charge in [0.15, 0.2) is 14.6 Å². The van der Waals surface area contributed by atoms with Crippen LogP contribution in [0.4, 0.5) is 5.69 Å². The minimum atomic E-state index is -3.75. The van der Waals surface area contributed by atoms with Crippen molar-refractivity contribution in [2.24, 2.45) is 0 Å². The normalized spacial score (nSPS) is 15.9. The van der Waals surface area contributed by atoms with Crippen LogP contribution in [-0.2, 0) is 14.6 Å². The molecule has 1 fully saturated rings. The molecule has 0 aromatic heterocycles. The van der Waals surface area contributed by atoms with E-state index in [1.54, 1.807) is 12.1 Å². The molecule has 3 rings (SSSR count). The van der Waals surface area contributed by atoms with Crippen LogP contribution in [0.3, 0.4) is 0 Å². The Balaban J connectivity index is 1.91. The van der Waals surface area contributed by atoms with Crippen molar-refractivity contribution < 1.29 is 13.2 Å². The highest BCUT2D eigenvalue weighted by molar-refractivity contribution is 14.1. The first kappa shape index (κ1) is 16.7. The van der Waals surface area contributed by atoms with Crippen molar-refractivity contribution in [1.82, 2.24) is 0 Å². The molecule has 0 aliphatic heterocycles. The molecule has 0 bridgehead atoms. The molecule has 1 saturated carbocycles. The number of para-hydroxylation sites is 1. The standard InChI is InChI=1S/C16H13ClINO3S/c17-11-5-7-12(8-6-11)23(21,22)16(9-10-16)15(20)19-14-4-2-1-3-13(14)18/h1-8H,9-10H2,(H,19,20). The zero-order valence-electron chi connectivity index (χ0n) is 11.9. The smallest absolute Gasteiger partial charge is 0.246 e. The Kier molecular flexibility index (Phi) is 4.41. The molecular formula is C16H13ClINO3S. The van der Waals surface area contributed by atoms with Gasteiger partial charge in [0, 0.05) is 8.59 Å². The SMILES string of the molecule is O=C(Nc1ccccc1I)C1(S(=O)(=O)c2ccc(Cl)cc2)CC1.